The fourth-order valence-electron chi connectivity index (χ4n) is 1.76. The van der Waals surface area contributed by atoms with E-state index in [1.807, 2.05) is 55.5 Å². The van der Waals surface area contributed by atoms with E-state index >= 15 is 0 Å². The first kappa shape index (κ1) is 15.2. The highest BCUT2D eigenvalue weighted by Gasteiger charge is 2.08. The molecule has 0 aliphatic carbocycles. The molecule has 2 aromatic carbocycles. The normalized spacial score (nSPS) is 12.2. The number of rotatable bonds is 6. The van der Waals surface area contributed by atoms with Gasteiger partial charge in [-0.15, -0.1) is 11.8 Å². The van der Waals surface area contributed by atoms with Gasteiger partial charge in [-0.25, -0.2) is 0 Å². The van der Waals surface area contributed by atoms with Crippen molar-refractivity contribution in [1.29, 1.82) is 0 Å². The fourth-order valence-corrected chi connectivity index (χ4v) is 2.75. The summed E-state index contributed by atoms with van der Waals surface area (Å²) in [5, 5.41) is 10.9. The van der Waals surface area contributed by atoms with Gasteiger partial charge in [0.25, 0.3) is 0 Å². The van der Waals surface area contributed by atoms with E-state index < -0.39 is 6.10 Å². The summed E-state index contributed by atoms with van der Waals surface area (Å²) in [5.41, 5.74) is 0.898. The second-order valence-corrected chi connectivity index (χ2v) is 5.81. The van der Waals surface area contributed by atoms with Crippen LogP contribution >= 0.6 is 23.4 Å². The molecular weight excluding hydrogens is 292 g/mol. The number of halogens is 1. The summed E-state index contributed by atoms with van der Waals surface area (Å²) < 4.78 is 5.38. The molecule has 0 amide bonds. The molecule has 0 saturated carbocycles. The van der Waals surface area contributed by atoms with Crippen LogP contribution in [0, 0.1) is 0 Å². The molecule has 20 heavy (non-hydrogen) atoms. The van der Waals surface area contributed by atoms with Gasteiger partial charge in [0, 0.05) is 15.7 Å². The van der Waals surface area contributed by atoms with Crippen LogP contribution in [-0.4, -0.2) is 17.5 Å². The summed E-state index contributed by atoms with van der Waals surface area (Å²) in [7, 11) is 0. The van der Waals surface area contributed by atoms with Crippen LogP contribution in [0.1, 0.15) is 18.6 Å². The molecule has 4 heteroatoms. The van der Waals surface area contributed by atoms with Gasteiger partial charge in [0.2, 0.25) is 0 Å². The number of aliphatic hydroxyl groups is 1. The van der Waals surface area contributed by atoms with E-state index in [-0.39, 0.29) is 0 Å². The maximum Gasteiger partial charge on any atom is 0.119 e. The molecule has 0 saturated heterocycles. The second-order valence-electron chi connectivity index (χ2n) is 4.28. The van der Waals surface area contributed by atoms with Crippen molar-refractivity contribution in [2.75, 3.05) is 12.4 Å². The first-order valence-corrected chi connectivity index (χ1v) is 7.84. The number of hydrogen-bond donors (Lipinski definition) is 1. The molecule has 2 rings (SSSR count). The van der Waals surface area contributed by atoms with Crippen LogP contribution in [0.25, 0.3) is 0 Å². The van der Waals surface area contributed by atoms with E-state index in [9.17, 15) is 5.11 Å². The Hall–Kier alpha value is -1.16. The summed E-state index contributed by atoms with van der Waals surface area (Å²) in [6.07, 6.45) is -0.494. The van der Waals surface area contributed by atoms with Crippen LogP contribution in [0.5, 0.6) is 5.75 Å². The van der Waals surface area contributed by atoms with Gasteiger partial charge in [-0.3, -0.25) is 0 Å². The molecule has 0 aromatic heterocycles. The summed E-state index contributed by atoms with van der Waals surface area (Å²) in [6, 6.07) is 15.2. The number of thioether (sulfide) groups is 1. The van der Waals surface area contributed by atoms with Crippen LogP contribution < -0.4 is 4.74 Å². The monoisotopic (exact) mass is 308 g/mol. The minimum Gasteiger partial charge on any atom is -0.494 e. The highest BCUT2D eigenvalue weighted by atomic mass is 35.5. The van der Waals surface area contributed by atoms with Crippen molar-refractivity contribution in [2.24, 2.45) is 0 Å². The van der Waals surface area contributed by atoms with Crippen LogP contribution in [-0.2, 0) is 0 Å². The summed E-state index contributed by atoms with van der Waals surface area (Å²) in [4.78, 5) is 1.10. The van der Waals surface area contributed by atoms with Gasteiger partial charge in [-0.05, 0) is 48.9 Å². The molecule has 0 spiro atoms. The first-order chi connectivity index (χ1) is 9.69. The molecule has 106 valence electrons. The maximum absolute atomic E-state index is 10.2. The molecule has 0 fully saturated rings. The minimum absolute atomic E-state index is 0.494. The lowest BCUT2D eigenvalue weighted by atomic mass is 10.1. The second kappa shape index (κ2) is 7.58. The molecule has 0 bridgehead atoms. The molecule has 1 unspecified atom stereocenters. The molecule has 2 nitrogen and oxygen atoms in total. The lowest BCUT2D eigenvalue weighted by molar-refractivity contribution is 0.204. The minimum atomic E-state index is -0.494. The number of hydrogen-bond acceptors (Lipinski definition) is 3. The SMILES string of the molecule is CCOc1ccc(C(O)CSc2ccc(Cl)cc2)cc1. The zero-order valence-electron chi connectivity index (χ0n) is 11.3. The van der Waals surface area contributed by atoms with Gasteiger partial charge in [0.15, 0.2) is 0 Å². The predicted molar refractivity (Wildman–Crippen MR) is 84.7 cm³/mol. The quantitative estimate of drug-likeness (QED) is 0.793. The van der Waals surface area contributed by atoms with Crippen molar-refractivity contribution in [3.05, 3.63) is 59.1 Å². The Kier molecular flexibility index (Phi) is 5.77. The lowest BCUT2D eigenvalue weighted by Crippen LogP contribution is -2.00. The Bertz CT molecular complexity index is 525. The average molecular weight is 309 g/mol. The summed E-state index contributed by atoms with van der Waals surface area (Å²) in [5.74, 6) is 1.43. The van der Waals surface area contributed by atoms with Gasteiger partial charge < -0.3 is 9.84 Å². The van der Waals surface area contributed by atoms with Gasteiger partial charge in [-0.1, -0.05) is 23.7 Å². The van der Waals surface area contributed by atoms with Gasteiger partial charge in [0.05, 0.1) is 12.7 Å². The predicted octanol–water partition coefficient (Wildman–Crippen LogP) is 4.56. The molecule has 1 N–H and O–H groups in total. The molecule has 0 radical (unpaired) electrons. The zero-order chi connectivity index (χ0) is 14.4. The molecule has 2 aromatic rings. The first-order valence-electron chi connectivity index (χ1n) is 6.48. The fraction of sp³-hybridized carbons (Fsp3) is 0.250. The van der Waals surface area contributed by atoms with Crippen molar-refractivity contribution in [3.8, 4) is 5.75 Å². The van der Waals surface area contributed by atoms with Crippen LogP contribution in [0.15, 0.2) is 53.4 Å². The Balaban J connectivity index is 1.90. The smallest absolute Gasteiger partial charge is 0.119 e. The average Bonchev–Trinajstić information content (AvgIpc) is 2.47. The Morgan fingerprint density at radius 2 is 1.75 bits per heavy atom. The largest absolute Gasteiger partial charge is 0.494 e. The highest BCUT2D eigenvalue weighted by molar-refractivity contribution is 7.99. The molecule has 0 aliphatic rings. The molecular formula is C16H17ClO2S. The van der Waals surface area contributed by atoms with E-state index in [0.29, 0.717) is 12.4 Å². The van der Waals surface area contributed by atoms with Crippen molar-refractivity contribution < 1.29 is 9.84 Å². The van der Waals surface area contributed by atoms with E-state index in [1.54, 1.807) is 11.8 Å². The Morgan fingerprint density at radius 3 is 2.35 bits per heavy atom. The van der Waals surface area contributed by atoms with Gasteiger partial charge >= 0.3 is 0 Å². The van der Waals surface area contributed by atoms with Crippen molar-refractivity contribution in [2.45, 2.75) is 17.9 Å². The molecule has 0 aliphatic heterocycles. The summed E-state index contributed by atoms with van der Waals surface area (Å²) >= 11 is 7.45. The third-order valence-electron chi connectivity index (χ3n) is 2.80. The van der Waals surface area contributed by atoms with E-state index in [1.165, 1.54) is 0 Å². The Morgan fingerprint density at radius 1 is 1.10 bits per heavy atom. The lowest BCUT2D eigenvalue weighted by Gasteiger charge is -2.11. The van der Waals surface area contributed by atoms with E-state index in [0.717, 1.165) is 21.2 Å². The van der Waals surface area contributed by atoms with Crippen molar-refractivity contribution >= 4 is 23.4 Å². The van der Waals surface area contributed by atoms with E-state index in [2.05, 4.69) is 0 Å². The number of benzene rings is 2. The maximum atomic E-state index is 10.2. The van der Waals surface area contributed by atoms with Crippen LogP contribution in [0.2, 0.25) is 5.02 Å². The van der Waals surface area contributed by atoms with Crippen molar-refractivity contribution in [1.82, 2.24) is 0 Å². The standard InChI is InChI=1S/C16H17ClO2S/c1-2-19-14-7-3-12(4-8-14)16(18)11-20-15-9-5-13(17)6-10-15/h3-10,16,18H,2,11H2,1H3. The topological polar surface area (TPSA) is 29.5 Å². The van der Waals surface area contributed by atoms with Crippen LogP contribution in [0.3, 0.4) is 0 Å². The van der Waals surface area contributed by atoms with E-state index in [4.69, 9.17) is 16.3 Å². The van der Waals surface area contributed by atoms with Crippen LogP contribution in [0.4, 0.5) is 0 Å². The molecule has 0 heterocycles. The molecule has 1 atom stereocenters. The third kappa shape index (κ3) is 4.44. The summed E-state index contributed by atoms with van der Waals surface area (Å²) in [6.45, 7) is 2.60. The number of ether oxygens (including phenoxy) is 1. The third-order valence-corrected chi connectivity index (χ3v) is 4.14. The highest BCUT2D eigenvalue weighted by Crippen LogP contribution is 2.26. The van der Waals surface area contributed by atoms with Gasteiger partial charge in [0.1, 0.15) is 5.75 Å². The van der Waals surface area contributed by atoms with Gasteiger partial charge in [-0.2, -0.15) is 0 Å². The zero-order valence-corrected chi connectivity index (χ0v) is 12.8. The Labute approximate surface area is 128 Å². The number of aliphatic hydroxyl groups excluding tert-OH is 1. The van der Waals surface area contributed by atoms with Crippen molar-refractivity contribution in [3.63, 3.8) is 0 Å².